The van der Waals surface area contributed by atoms with Gasteiger partial charge >= 0.3 is 0 Å². The lowest BCUT2D eigenvalue weighted by Crippen LogP contribution is -2.40. The summed E-state index contributed by atoms with van der Waals surface area (Å²) < 4.78 is 13.0. The lowest BCUT2D eigenvalue weighted by Gasteiger charge is -2.26. The Labute approximate surface area is 152 Å². The third-order valence-electron chi connectivity index (χ3n) is 4.21. The zero-order chi connectivity index (χ0) is 17.6. The average molecular weight is 353 g/mol. The Morgan fingerprint density at radius 2 is 1.46 bits per heavy atom. The van der Waals surface area contributed by atoms with Crippen molar-refractivity contribution in [3.63, 3.8) is 0 Å². The Morgan fingerprint density at radius 3 is 1.96 bits per heavy atom. The summed E-state index contributed by atoms with van der Waals surface area (Å²) in [7, 11) is 0. The van der Waals surface area contributed by atoms with Crippen LogP contribution in [0.3, 0.4) is 0 Å². The molecule has 0 spiro atoms. The quantitative estimate of drug-likeness (QED) is 0.386. The van der Waals surface area contributed by atoms with Crippen LogP contribution in [-0.4, -0.2) is 23.1 Å². The first-order valence-corrected chi connectivity index (χ1v) is 9.85. The molecule has 0 atom stereocenters. The molecule has 1 N–H and O–H groups in total. The molecule has 0 radical (unpaired) electrons. The number of hydrogen-bond acceptors (Lipinski definition) is 1. The maximum Gasteiger partial charge on any atom is 0.169 e. The van der Waals surface area contributed by atoms with Gasteiger partial charge in [-0.2, -0.15) is 0 Å². The molecule has 0 saturated heterocycles. The molecule has 4 heteroatoms. The van der Waals surface area contributed by atoms with Crippen molar-refractivity contribution in [2.45, 2.75) is 71.8 Å². The molecule has 24 heavy (non-hydrogen) atoms. The highest BCUT2D eigenvalue weighted by atomic mass is 32.1. The molecular formula is C20H33FN2S. The van der Waals surface area contributed by atoms with E-state index in [1.54, 1.807) is 12.1 Å². The van der Waals surface area contributed by atoms with Gasteiger partial charge in [0.25, 0.3) is 0 Å². The predicted molar refractivity (Wildman–Crippen MR) is 106 cm³/mol. The molecule has 0 heterocycles. The van der Waals surface area contributed by atoms with Crippen LogP contribution in [-0.2, 0) is 6.54 Å². The molecule has 0 fully saturated rings. The van der Waals surface area contributed by atoms with E-state index in [-0.39, 0.29) is 5.82 Å². The summed E-state index contributed by atoms with van der Waals surface area (Å²) in [6.45, 7) is 7.18. The van der Waals surface area contributed by atoms with Crippen molar-refractivity contribution in [3.8, 4) is 0 Å². The molecule has 1 rings (SSSR count). The van der Waals surface area contributed by atoms with Gasteiger partial charge in [0.1, 0.15) is 5.82 Å². The molecule has 0 aliphatic carbocycles. The Morgan fingerprint density at radius 1 is 0.917 bits per heavy atom. The van der Waals surface area contributed by atoms with Crippen LogP contribution in [0.1, 0.15) is 70.8 Å². The number of nitrogens with one attached hydrogen (secondary N) is 1. The normalized spacial score (nSPS) is 10.6. The fourth-order valence-electron chi connectivity index (χ4n) is 2.67. The van der Waals surface area contributed by atoms with Crippen molar-refractivity contribution < 1.29 is 4.39 Å². The van der Waals surface area contributed by atoms with Gasteiger partial charge in [-0.1, -0.05) is 64.5 Å². The van der Waals surface area contributed by atoms with Gasteiger partial charge in [-0.25, -0.2) is 4.39 Å². The lowest BCUT2D eigenvalue weighted by molar-refractivity contribution is 0.381. The minimum atomic E-state index is -0.199. The van der Waals surface area contributed by atoms with Gasteiger partial charge in [0.2, 0.25) is 0 Å². The Balaban J connectivity index is 2.42. The average Bonchev–Trinajstić information content (AvgIpc) is 2.59. The Bertz CT molecular complexity index is 435. The van der Waals surface area contributed by atoms with E-state index in [2.05, 4.69) is 24.1 Å². The number of benzene rings is 1. The molecular weight excluding hydrogens is 319 g/mol. The van der Waals surface area contributed by atoms with Crippen molar-refractivity contribution in [3.05, 3.63) is 35.6 Å². The SMILES string of the molecule is CCCCCCN(CCCCCC)C(=S)NCc1ccc(F)cc1. The van der Waals surface area contributed by atoms with Crippen LogP contribution in [0.2, 0.25) is 0 Å². The van der Waals surface area contributed by atoms with Gasteiger partial charge in [-0.3, -0.25) is 0 Å². The van der Waals surface area contributed by atoms with Gasteiger partial charge in [-0.15, -0.1) is 0 Å². The van der Waals surface area contributed by atoms with E-state index < -0.39 is 0 Å². The summed E-state index contributed by atoms with van der Waals surface area (Å²) in [5.74, 6) is -0.199. The molecule has 0 amide bonds. The van der Waals surface area contributed by atoms with Crippen molar-refractivity contribution in [1.82, 2.24) is 10.2 Å². The molecule has 2 nitrogen and oxygen atoms in total. The summed E-state index contributed by atoms with van der Waals surface area (Å²) >= 11 is 5.60. The van der Waals surface area contributed by atoms with Crippen molar-refractivity contribution in [1.29, 1.82) is 0 Å². The van der Waals surface area contributed by atoms with Gasteiger partial charge in [0, 0.05) is 19.6 Å². The molecule has 0 aliphatic heterocycles. The number of nitrogens with zero attached hydrogens (tertiary/aromatic N) is 1. The first-order valence-electron chi connectivity index (χ1n) is 9.44. The van der Waals surface area contributed by atoms with Crippen LogP contribution in [0.4, 0.5) is 4.39 Å². The van der Waals surface area contributed by atoms with Crippen molar-refractivity contribution in [2.75, 3.05) is 13.1 Å². The molecule has 0 bridgehead atoms. The van der Waals surface area contributed by atoms with E-state index in [1.807, 2.05) is 0 Å². The number of unbranched alkanes of at least 4 members (excludes halogenated alkanes) is 6. The Hall–Kier alpha value is -1.16. The standard InChI is InChI=1S/C20H33FN2S/c1-3-5-7-9-15-23(16-10-8-6-4-2)20(24)22-17-18-11-13-19(21)14-12-18/h11-14H,3-10,15-17H2,1-2H3,(H,22,24). The van der Waals surface area contributed by atoms with E-state index in [4.69, 9.17) is 12.2 Å². The van der Waals surface area contributed by atoms with Crippen LogP contribution >= 0.6 is 12.2 Å². The smallest absolute Gasteiger partial charge is 0.169 e. The van der Waals surface area contributed by atoms with Crippen LogP contribution in [0.15, 0.2) is 24.3 Å². The first-order chi connectivity index (χ1) is 11.7. The number of halogens is 1. The predicted octanol–water partition coefficient (Wildman–Crippen LogP) is 5.66. The highest BCUT2D eigenvalue weighted by molar-refractivity contribution is 7.80. The summed E-state index contributed by atoms with van der Waals surface area (Å²) in [6, 6.07) is 6.59. The maximum atomic E-state index is 13.0. The van der Waals surface area contributed by atoms with Gasteiger partial charge in [0.15, 0.2) is 5.11 Å². The largest absolute Gasteiger partial charge is 0.358 e. The van der Waals surface area contributed by atoms with E-state index in [0.717, 1.165) is 23.8 Å². The second-order valence-electron chi connectivity index (χ2n) is 6.39. The zero-order valence-corrected chi connectivity index (χ0v) is 16.1. The van der Waals surface area contributed by atoms with E-state index in [0.29, 0.717) is 6.54 Å². The molecule has 1 aromatic rings. The first kappa shape index (κ1) is 20.9. The van der Waals surface area contributed by atoms with Crippen LogP contribution in [0.25, 0.3) is 0 Å². The number of thiocarbonyl (C=S) groups is 1. The molecule has 0 aliphatic rings. The Kier molecular flexibility index (Phi) is 11.5. The monoisotopic (exact) mass is 352 g/mol. The molecule has 1 aromatic carbocycles. The third-order valence-corrected chi connectivity index (χ3v) is 4.61. The highest BCUT2D eigenvalue weighted by Crippen LogP contribution is 2.07. The molecule has 136 valence electrons. The van der Waals surface area contributed by atoms with Crippen molar-refractivity contribution >= 4 is 17.3 Å². The lowest BCUT2D eigenvalue weighted by atomic mass is 10.2. The highest BCUT2D eigenvalue weighted by Gasteiger charge is 2.09. The summed E-state index contributed by atoms with van der Waals surface area (Å²) in [5, 5.41) is 4.16. The van der Waals surface area contributed by atoms with Crippen LogP contribution in [0.5, 0.6) is 0 Å². The summed E-state index contributed by atoms with van der Waals surface area (Å²) in [6.07, 6.45) is 10.0. The number of hydrogen-bond donors (Lipinski definition) is 1. The summed E-state index contributed by atoms with van der Waals surface area (Å²) in [5.41, 5.74) is 1.05. The van der Waals surface area contributed by atoms with Gasteiger partial charge in [0.05, 0.1) is 0 Å². The molecule has 0 aromatic heterocycles. The zero-order valence-electron chi connectivity index (χ0n) is 15.3. The molecule has 0 saturated carbocycles. The second kappa shape index (κ2) is 13.2. The maximum absolute atomic E-state index is 13.0. The number of rotatable bonds is 12. The minimum absolute atomic E-state index is 0.199. The topological polar surface area (TPSA) is 15.3 Å². The fourth-order valence-corrected chi connectivity index (χ4v) is 2.92. The van der Waals surface area contributed by atoms with E-state index >= 15 is 0 Å². The van der Waals surface area contributed by atoms with E-state index in [1.165, 1.54) is 63.5 Å². The van der Waals surface area contributed by atoms with E-state index in [9.17, 15) is 4.39 Å². The third kappa shape index (κ3) is 9.21. The second-order valence-corrected chi connectivity index (χ2v) is 6.78. The van der Waals surface area contributed by atoms with Gasteiger partial charge < -0.3 is 10.2 Å². The molecule has 0 unspecified atom stereocenters. The van der Waals surface area contributed by atoms with Crippen LogP contribution < -0.4 is 5.32 Å². The van der Waals surface area contributed by atoms with Crippen LogP contribution in [0, 0.1) is 5.82 Å². The van der Waals surface area contributed by atoms with Gasteiger partial charge in [-0.05, 0) is 42.8 Å². The summed E-state index contributed by atoms with van der Waals surface area (Å²) in [4.78, 5) is 2.31. The minimum Gasteiger partial charge on any atom is -0.358 e. The van der Waals surface area contributed by atoms with Crippen molar-refractivity contribution in [2.24, 2.45) is 0 Å². The fraction of sp³-hybridized carbons (Fsp3) is 0.650.